The van der Waals surface area contributed by atoms with E-state index in [2.05, 4.69) is 10.8 Å². The lowest BCUT2D eigenvalue weighted by molar-refractivity contribution is -0.274. The van der Waals surface area contributed by atoms with Crippen LogP contribution in [0.5, 0.6) is 5.75 Å². The molecule has 2 aromatic carbocycles. The first-order chi connectivity index (χ1) is 13.3. The Morgan fingerprint density at radius 2 is 1.79 bits per heavy atom. The second-order valence-electron chi connectivity index (χ2n) is 6.60. The third-order valence-corrected chi connectivity index (χ3v) is 4.78. The van der Waals surface area contributed by atoms with Gasteiger partial charge in [0.1, 0.15) is 0 Å². The van der Waals surface area contributed by atoms with Gasteiger partial charge in [0.25, 0.3) is 5.91 Å². The summed E-state index contributed by atoms with van der Waals surface area (Å²) in [6, 6.07) is 13.0. The number of nitrogens with two attached hydrogens (primary N) is 1. The van der Waals surface area contributed by atoms with Crippen LogP contribution < -0.4 is 10.5 Å². The summed E-state index contributed by atoms with van der Waals surface area (Å²) in [5.74, 6) is -0.503. The van der Waals surface area contributed by atoms with Crippen molar-refractivity contribution >= 4 is 11.6 Å². The molecule has 1 aliphatic rings. The average molecular weight is 389 g/mol. The van der Waals surface area contributed by atoms with Gasteiger partial charge in [0.15, 0.2) is 5.75 Å². The Bertz CT molecular complexity index is 896. The summed E-state index contributed by atoms with van der Waals surface area (Å²) in [5, 5.41) is 8.87. The average Bonchev–Trinajstić information content (AvgIpc) is 2.68. The van der Waals surface area contributed by atoms with Gasteiger partial charge >= 0.3 is 6.36 Å². The normalized spacial score (nSPS) is 15.1. The summed E-state index contributed by atoms with van der Waals surface area (Å²) in [6.07, 6.45) is -3.31. The van der Waals surface area contributed by atoms with E-state index in [0.717, 1.165) is 24.5 Å². The van der Waals surface area contributed by atoms with Gasteiger partial charge in [-0.25, -0.2) is 0 Å². The summed E-state index contributed by atoms with van der Waals surface area (Å²) in [4.78, 5) is 14.3. The number of nitrogen functional groups attached to an aromatic ring is 1. The molecule has 28 heavy (non-hydrogen) atoms. The van der Waals surface area contributed by atoms with Crippen molar-refractivity contribution in [2.45, 2.75) is 25.1 Å². The van der Waals surface area contributed by atoms with E-state index in [9.17, 15) is 18.0 Å². The molecule has 0 bridgehead atoms. The lowest BCUT2D eigenvalue weighted by Crippen LogP contribution is -2.38. The lowest BCUT2D eigenvalue weighted by Gasteiger charge is -2.32. The van der Waals surface area contributed by atoms with E-state index in [0.29, 0.717) is 24.6 Å². The van der Waals surface area contributed by atoms with Gasteiger partial charge < -0.3 is 15.4 Å². The number of alkyl halides is 3. The minimum Gasteiger partial charge on any atom is -0.404 e. The second-order valence-corrected chi connectivity index (χ2v) is 6.60. The van der Waals surface area contributed by atoms with E-state index in [4.69, 9.17) is 11.0 Å². The van der Waals surface area contributed by atoms with Gasteiger partial charge in [-0.05, 0) is 54.7 Å². The molecule has 0 aliphatic carbocycles. The first-order valence-corrected chi connectivity index (χ1v) is 8.71. The topological polar surface area (TPSA) is 79.3 Å². The van der Waals surface area contributed by atoms with Crippen LogP contribution >= 0.6 is 0 Å². The molecule has 1 aliphatic heterocycles. The van der Waals surface area contributed by atoms with Crippen molar-refractivity contribution in [2.24, 2.45) is 0 Å². The summed E-state index contributed by atoms with van der Waals surface area (Å²) in [6.45, 7) is 1.06. The summed E-state index contributed by atoms with van der Waals surface area (Å²) < 4.78 is 40.8. The summed E-state index contributed by atoms with van der Waals surface area (Å²) in [7, 11) is 0. The lowest BCUT2D eigenvalue weighted by atomic mass is 9.89. The molecule has 0 atom stereocenters. The molecule has 2 N–H and O–H groups in total. The molecule has 1 heterocycles. The van der Waals surface area contributed by atoms with Crippen LogP contribution in [0.25, 0.3) is 0 Å². The highest BCUT2D eigenvalue weighted by molar-refractivity contribution is 5.95. The highest BCUT2D eigenvalue weighted by Crippen LogP contribution is 2.31. The molecule has 1 amide bonds. The van der Waals surface area contributed by atoms with Crippen LogP contribution in [0.15, 0.2) is 42.5 Å². The van der Waals surface area contributed by atoms with Crippen molar-refractivity contribution in [3.05, 3.63) is 59.2 Å². The minimum atomic E-state index is -4.84. The van der Waals surface area contributed by atoms with Crippen LogP contribution in [0, 0.1) is 11.3 Å². The number of hydrogen-bond acceptors (Lipinski definition) is 4. The molecule has 0 aromatic heterocycles. The molecule has 146 valence electrons. The molecular weight excluding hydrogens is 371 g/mol. The fourth-order valence-corrected chi connectivity index (χ4v) is 3.33. The molecule has 1 fully saturated rings. The number of rotatable bonds is 3. The van der Waals surface area contributed by atoms with E-state index in [1.807, 2.05) is 12.1 Å². The van der Waals surface area contributed by atoms with Crippen molar-refractivity contribution < 1.29 is 22.7 Å². The molecule has 2 aromatic rings. The van der Waals surface area contributed by atoms with Crippen LogP contribution in [0.1, 0.15) is 40.2 Å². The highest BCUT2D eigenvalue weighted by atomic mass is 19.4. The second kappa shape index (κ2) is 7.80. The quantitative estimate of drug-likeness (QED) is 0.803. The first kappa shape index (κ1) is 19.5. The monoisotopic (exact) mass is 389 g/mol. The number of ether oxygens (including phenoxy) is 1. The fraction of sp³-hybridized carbons (Fsp3) is 0.300. The van der Waals surface area contributed by atoms with E-state index >= 15 is 0 Å². The number of carbonyl (C=O) groups is 1. The molecule has 0 unspecified atom stereocenters. The zero-order valence-corrected chi connectivity index (χ0v) is 14.9. The summed E-state index contributed by atoms with van der Waals surface area (Å²) in [5.41, 5.74) is 7.32. The molecular formula is C20H18F3N3O2. The molecule has 1 saturated heterocycles. The SMILES string of the molecule is N#Cc1ccc(C2CCN(C(=O)c3ccc(OC(F)(F)F)c(N)c3)CC2)cc1. The maximum Gasteiger partial charge on any atom is 0.573 e. The van der Waals surface area contributed by atoms with E-state index in [1.165, 1.54) is 12.1 Å². The van der Waals surface area contributed by atoms with Gasteiger partial charge in [0.05, 0.1) is 17.3 Å². The molecule has 5 nitrogen and oxygen atoms in total. The van der Waals surface area contributed by atoms with Crippen molar-refractivity contribution in [1.29, 1.82) is 5.26 Å². The Balaban J connectivity index is 1.63. The fourth-order valence-electron chi connectivity index (χ4n) is 3.33. The maximum atomic E-state index is 12.6. The Labute approximate surface area is 160 Å². The van der Waals surface area contributed by atoms with Crippen LogP contribution in [-0.2, 0) is 0 Å². The van der Waals surface area contributed by atoms with Crippen LogP contribution in [0.3, 0.4) is 0 Å². The zero-order chi connectivity index (χ0) is 20.3. The van der Waals surface area contributed by atoms with Gasteiger partial charge in [-0.1, -0.05) is 12.1 Å². The standard InChI is InChI=1S/C20H18F3N3O2/c21-20(22,23)28-18-6-5-16(11-17(18)25)19(27)26-9-7-15(8-10-26)14-3-1-13(12-24)2-4-14/h1-6,11,15H,7-10,25H2. The van der Waals surface area contributed by atoms with E-state index in [1.54, 1.807) is 17.0 Å². The minimum absolute atomic E-state index is 0.226. The van der Waals surface area contributed by atoms with E-state index < -0.39 is 12.1 Å². The van der Waals surface area contributed by atoms with Crippen LogP contribution in [-0.4, -0.2) is 30.3 Å². The zero-order valence-electron chi connectivity index (χ0n) is 14.9. The number of amides is 1. The van der Waals surface area contributed by atoms with Crippen LogP contribution in [0.4, 0.5) is 18.9 Å². The van der Waals surface area contributed by atoms with Gasteiger partial charge in [0, 0.05) is 18.7 Å². The largest absolute Gasteiger partial charge is 0.573 e. The third-order valence-electron chi connectivity index (χ3n) is 4.78. The predicted octanol–water partition coefficient (Wildman–Crippen LogP) is 4.06. The number of halogens is 3. The number of anilines is 1. The molecule has 0 saturated carbocycles. The van der Waals surface area contributed by atoms with Crippen molar-refractivity contribution in [3.63, 3.8) is 0 Å². The van der Waals surface area contributed by atoms with Gasteiger partial charge in [-0.15, -0.1) is 13.2 Å². The number of benzene rings is 2. The first-order valence-electron chi connectivity index (χ1n) is 8.71. The number of nitrogens with zero attached hydrogens (tertiary/aromatic N) is 2. The molecule has 0 spiro atoms. The molecule has 8 heteroatoms. The summed E-state index contributed by atoms with van der Waals surface area (Å²) >= 11 is 0. The highest BCUT2D eigenvalue weighted by Gasteiger charge is 2.32. The van der Waals surface area contributed by atoms with Crippen LogP contribution in [0.2, 0.25) is 0 Å². The van der Waals surface area contributed by atoms with E-state index in [-0.39, 0.29) is 17.2 Å². The maximum absolute atomic E-state index is 12.6. The predicted molar refractivity (Wildman–Crippen MR) is 96.6 cm³/mol. The number of carbonyl (C=O) groups excluding carboxylic acids is 1. The molecule has 3 rings (SSSR count). The van der Waals surface area contributed by atoms with Gasteiger partial charge in [0.2, 0.25) is 0 Å². The number of likely N-dealkylation sites (tertiary alicyclic amines) is 1. The third kappa shape index (κ3) is 4.55. The Hall–Kier alpha value is -3.21. The number of nitriles is 1. The smallest absolute Gasteiger partial charge is 0.404 e. The van der Waals surface area contributed by atoms with Crippen molar-refractivity contribution in [2.75, 3.05) is 18.8 Å². The molecule has 0 radical (unpaired) electrons. The number of piperidine rings is 1. The van der Waals surface area contributed by atoms with Gasteiger partial charge in [-0.2, -0.15) is 5.26 Å². The van der Waals surface area contributed by atoms with Crippen molar-refractivity contribution in [1.82, 2.24) is 4.90 Å². The van der Waals surface area contributed by atoms with Gasteiger partial charge in [-0.3, -0.25) is 4.79 Å². The van der Waals surface area contributed by atoms with Crippen molar-refractivity contribution in [3.8, 4) is 11.8 Å². The Morgan fingerprint density at radius 3 is 2.32 bits per heavy atom. The number of hydrogen-bond donors (Lipinski definition) is 1. The Kier molecular flexibility index (Phi) is 5.45. The Morgan fingerprint density at radius 1 is 1.14 bits per heavy atom.